The molecule has 2 heterocycles. The van der Waals surface area contributed by atoms with Crippen molar-refractivity contribution in [2.45, 2.75) is 25.8 Å². The molecule has 104 valence electrons. The zero-order valence-corrected chi connectivity index (χ0v) is 11.7. The van der Waals surface area contributed by atoms with Crippen molar-refractivity contribution in [2.24, 2.45) is 12.8 Å². The van der Waals surface area contributed by atoms with Crippen LogP contribution >= 0.6 is 0 Å². The predicted molar refractivity (Wildman–Crippen MR) is 75.8 cm³/mol. The molecule has 3 rings (SSSR count). The summed E-state index contributed by atoms with van der Waals surface area (Å²) in [7, 11) is 1.93. The second-order valence-corrected chi connectivity index (χ2v) is 5.58. The van der Waals surface area contributed by atoms with E-state index in [4.69, 9.17) is 11.1 Å². The number of hydrogen-bond donors (Lipinski definition) is 2. The first-order chi connectivity index (χ1) is 9.08. The molecule has 0 bridgehead atoms. The molecule has 19 heavy (non-hydrogen) atoms. The van der Waals surface area contributed by atoms with Crippen LogP contribution in [-0.4, -0.2) is 52.7 Å². The number of aryl methyl sites for hydroxylation is 2. The van der Waals surface area contributed by atoms with Gasteiger partial charge in [0.1, 0.15) is 11.7 Å². The third-order valence-electron chi connectivity index (χ3n) is 4.14. The van der Waals surface area contributed by atoms with Crippen LogP contribution in [0.2, 0.25) is 0 Å². The van der Waals surface area contributed by atoms with Crippen molar-refractivity contribution in [3.63, 3.8) is 0 Å². The van der Waals surface area contributed by atoms with Crippen molar-refractivity contribution in [3.8, 4) is 0 Å². The second kappa shape index (κ2) is 4.52. The highest BCUT2D eigenvalue weighted by molar-refractivity contribution is 6.00. The van der Waals surface area contributed by atoms with Gasteiger partial charge in [0.15, 0.2) is 0 Å². The van der Waals surface area contributed by atoms with Gasteiger partial charge in [-0.2, -0.15) is 5.10 Å². The van der Waals surface area contributed by atoms with Gasteiger partial charge in [0.2, 0.25) is 0 Å². The van der Waals surface area contributed by atoms with Crippen LogP contribution in [-0.2, 0) is 7.05 Å². The smallest absolute Gasteiger partial charge is 0.137 e. The fourth-order valence-electron chi connectivity index (χ4n) is 3.06. The molecule has 1 aromatic heterocycles. The Morgan fingerprint density at radius 1 is 1.26 bits per heavy atom. The van der Waals surface area contributed by atoms with Gasteiger partial charge in [-0.05, 0) is 19.8 Å². The largest absolute Gasteiger partial charge is 0.384 e. The summed E-state index contributed by atoms with van der Waals surface area (Å²) in [5.41, 5.74) is 7.35. The van der Waals surface area contributed by atoms with Gasteiger partial charge in [-0.15, -0.1) is 0 Å². The Morgan fingerprint density at radius 2 is 1.89 bits per heavy atom. The fourth-order valence-corrected chi connectivity index (χ4v) is 3.06. The number of hydrogen-bond acceptors (Lipinski definition) is 4. The molecule has 3 N–H and O–H groups in total. The Morgan fingerprint density at radius 3 is 2.42 bits per heavy atom. The van der Waals surface area contributed by atoms with Crippen LogP contribution < -0.4 is 10.6 Å². The SMILES string of the molecule is Cc1nn(C)c(N2CCN(C3CC3)CC2)c1C(=N)N. The minimum Gasteiger partial charge on any atom is -0.384 e. The minimum absolute atomic E-state index is 0.116. The number of rotatable bonds is 3. The fraction of sp³-hybridized carbons (Fsp3) is 0.692. The van der Waals surface area contributed by atoms with Gasteiger partial charge in [0, 0.05) is 39.3 Å². The molecule has 2 aliphatic rings. The lowest BCUT2D eigenvalue weighted by molar-refractivity contribution is 0.247. The van der Waals surface area contributed by atoms with Crippen LogP contribution in [0.15, 0.2) is 0 Å². The molecule has 0 atom stereocenters. The van der Waals surface area contributed by atoms with E-state index in [1.165, 1.54) is 12.8 Å². The van der Waals surface area contributed by atoms with Crippen molar-refractivity contribution in [1.82, 2.24) is 14.7 Å². The predicted octanol–water partition coefficient (Wildman–Crippen LogP) is 0.297. The van der Waals surface area contributed by atoms with Crippen molar-refractivity contribution in [1.29, 1.82) is 5.41 Å². The molecule has 0 spiro atoms. The van der Waals surface area contributed by atoms with Gasteiger partial charge in [-0.3, -0.25) is 15.0 Å². The molecule has 0 unspecified atom stereocenters. The molecule has 6 heteroatoms. The minimum atomic E-state index is 0.116. The van der Waals surface area contributed by atoms with E-state index in [0.29, 0.717) is 0 Å². The Bertz CT molecular complexity index is 493. The summed E-state index contributed by atoms with van der Waals surface area (Å²) in [4.78, 5) is 4.89. The topological polar surface area (TPSA) is 74.2 Å². The summed E-state index contributed by atoms with van der Waals surface area (Å²) in [6.07, 6.45) is 2.73. The third-order valence-corrected chi connectivity index (χ3v) is 4.14. The Hall–Kier alpha value is -1.56. The molecule has 1 aromatic rings. The Kier molecular flexibility index (Phi) is 2.97. The monoisotopic (exact) mass is 262 g/mol. The van der Waals surface area contributed by atoms with Gasteiger partial charge >= 0.3 is 0 Å². The number of nitrogen functional groups attached to an aromatic ring is 1. The lowest BCUT2D eigenvalue weighted by Crippen LogP contribution is -2.48. The lowest BCUT2D eigenvalue weighted by Gasteiger charge is -2.36. The summed E-state index contributed by atoms with van der Waals surface area (Å²) in [6.45, 7) is 6.12. The van der Waals surface area contributed by atoms with Crippen molar-refractivity contribution >= 4 is 11.7 Å². The van der Waals surface area contributed by atoms with Crippen LogP contribution in [0, 0.1) is 12.3 Å². The number of amidine groups is 1. The van der Waals surface area contributed by atoms with E-state index in [2.05, 4.69) is 14.9 Å². The average molecular weight is 262 g/mol. The zero-order chi connectivity index (χ0) is 13.6. The van der Waals surface area contributed by atoms with E-state index in [1.54, 1.807) is 0 Å². The zero-order valence-electron chi connectivity index (χ0n) is 11.7. The maximum atomic E-state index is 7.75. The van der Waals surface area contributed by atoms with E-state index in [9.17, 15) is 0 Å². The maximum absolute atomic E-state index is 7.75. The van der Waals surface area contributed by atoms with Crippen LogP contribution in [0.1, 0.15) is 24.1 Å². The molecular formula is C13H22N6. The summed E-state index contributed by atoms with van der Waals surface area (Å²) < 4.78 is 1.86. The number of anilines is 1. The van der Waals surface area contributed by atoms with E-state index < -0.39 is 0 Å². The Labute approximate surface area is 113 Å². The van der Waals surface area contributed by atoms with E-state index in [-0.39, 0.29) is 5.84 Å². The highest BCUT2D eigenvalue weighted by atomic mass is 15.4. The summed E-state index contributed by atoms with van der Waals surface area (Å²) in [6, 6.07) is 0.836. The molecular weight excluding hydrogens is 240 g/mol. The number of nitrogens with one attached hydrogen (secondary N) is 1. The van der Waals surface area contributed by atoms with Crippen molar-refractivity contribution in [2.75, 3.05) is 31.1 Å². The molecule has 0 amide bonds. The third kappa shape index (κ3) is 2.20. The molecule has 1 aliphatic carbocycles. The quantitative estimate of drug-likeness (QED) is 0.607. The first-order valence-electron chi connectivity index (χ1n) is 6.95. The molecule has 1 saturated carbocycles. The van der Waals surface area contributed by atoms with Gasteiger partial charge in [-0.1, -0.05) is 0 Å². The summed E-state index contributed by atoms with van der Waals surface area (Å²) >= 11 is 0. The normalized spacial score (nSPS) is 20.8. The van der Waals surface area contributed by atoms with E-state index >= 15 is 0 Å². The highest BCUT2D eigenvalue weighted by Crippen LogP contribution is 2.29. The van der Waals surface area contributed by atoms with Gasteiger partial charge < -0.3 is 10.6 Å². The number of nitrogens with two attached hydrogens (primary N) is 1. The van der Waals surface area contributed by atoms with E-state index in [1.807, 2.05) is 18.7 Å². The molecule has 0 aromatic carbocycles. The molecule has 1 aliphatic heterocycles. The number of piperazine rings is 1. The first kappa shape index (κ1) is 12.5. The maximum Gasteiger partial charge on any atom is 0.137 e. The van der Waals surface area contributed by atoms with Crippen LogP contribution in [0.3, 0.4) is 0 Å². The Balaban J connectivity index is 1.80. The molecule has 1 saturated heterocycles. The average Bonchev–Trinajstić information content (AvgIpc) is 3.15. The summed E-state index contributed by atoms with van der Waals surface area (Å²) in [5, 5.41) is 12.2. The standard InChI is InChI=1S/C13H22N6/c1-9-11(12(14)15)13(17(2)16-9)19-7-5-18(6-8-19)10-3-4-10/h10H,3-8H2,1-2H3,(H3,14,15). The summed E-state index contributed by atoms with van der Waals surface area (Å²) in [5.74, 6) is 1.12. The number of aromatic nitrogens is 2. The first-order valence-corrected chi connectivity index (χ1v) is 6.95. The van der Waals surface area contributed by atoms with Gasteiger partial charge in [0.25, 0.3) is 0 Å². The van der Waals surface area contributed by atoms with Crippen LogP contribution in [0.5, 0.6) is 0 Å². The van der Waals surface area contributed by atoms with Crippen molar-refractivity contribution < 1.29 is 0 Å². The lowest BCUT2D eigenvalue weighted by atomic mass is 10.2. The van der Waals surface area contributed by atoms with Gasteiger partial charge in [-0.25, -0.2) is 0 Å². The molecule has 6 nitrogen and oxygen atoms in total. The highest BCUT2D eigenvalue weighted by Gasteiger charge is 2.32. The van der Waals surface area contributed by atoms with Crippen LogP contribution in [0.25, 0.3) is 0 Å². The van der Waals surface area contributed by atoms with E-state index in [0.717, 1.165) is 49.3 Å². The molecule has 0 radical (unpaired) electrons. The number of nitrogens with zero attached hydrogens (tertiary/aromatic N) is 4. The second-order valence-electron chi connectivity index (χ2n) is 5.58. The van der Waals surface area contributed by atoms with Crippen LogP contribution in [0.4, 0.5) is 5.82 Å². The molecule has 2 fully saturated rings. The van der Waals surface area contributed by atoms with Gasteiger partial charge in [0.05, 0.1) is 11.3 Å². The van der Waals surface area contributed by atoms with Crippen molar-refractivity contribution in [3.05, 3.63) is 11.3 Å².